The topological polar surface area (TPSA) is 58.6 Å². The molecule has 1 aliphatic heterocycles. The lowest BCUT2D eigenvalue weighted by Crippen LogP contribution is -2.45. The average Bonchev–Trinajstić information content (AvgIpc) is 3.07. The molecule has 140 valence electrons. The van der Waals surface area contributed by atoms with Gasteiger partial charge in [0, 0.05) is 27.7 Å². The highest BCUT2D eigenvalue weighted by molar-refractivity contribution is 9.10. The van der Waals surface area contributed by atoms with Crippen molar-refractivity contribution in [2.24, 2.45) is 0 Å². The van der Waals surface area contributed by atoms with Crippen molar-refractivity contribution in [1.29, 1.82) is 0 Å². The number of amides is 2. The van der Waals surface area contributed by atoms with Crippen LogP contribution in [0.4, 0.5) is 10.5 Å². The predicted octanol–water partition coefficient (Wildman–Crippen LogP) is 4.26. The summed E-state index contributed by atoms with van der Waals surface area (Å²) < 4.78 is 6.01. The molecule has 27 heavy (non-hydrogen) atoms. The third-order valence-electron chi connectivity index (χ3n) is 5.54. The third-order valence-corrected chi connectivity index (χ3v) is 6.03. The lowest BCUT2D eigenvalue weighted by atomic mass is 9.64. The van der Waals surface area contributed by atoms with Gasteiger partial charge in [0.1, 0.15) is 6.61 Å². The maximum absolute atomic E-state index is 12.6. The lowest BCUT2D eigenvalue weighted by Gasteiger charge is -2.42. The molecule has 2 aromatic carbocycles. The molecule has 1 saturated carbocycles. The first-order valence-corrected chi connectivity index (χ1v) is 9.95. The van der Waals surface area contributed by atoms with Gasteiger partial charge < -0.3 is 10.1 Å². The second-order valence-electron chi connectivity index (χ2n) is 7.14. The summed E-state index contributed by atoms with van der Waals surface area (Å²) in [7, 11) is 0. The number of halogens is 1. The quantitative estimate of drug-likeness (QED) is 0.773. The van der Waals surface area contributed by atoms with E-state index >= 15 is 0 Å². The minimum Gasteiger partial charge on any atom is -0.447 e. The highest BCUT2D eigenvalue weighted by Gasteiger charge is 2.39. The van der Waals surface area contributed by atoms with Crippen molar-refractivity contribution >= 4 is 33.6 Å². The van der Waals surface area contributed by atoms with E-state index in [1.165, 1.54) is 12.0 Å². The van der Waals surface area contributed by atoms with Crippen LogP contribution in [0, 0.1) is 0 Å². The van der Waals surface area contributed by atoms with Crippen LogP contribution in [0.2, 0.25) is 0 Å². The van der Waals surface area contributed by atoms with Crippen molar-refractivity contribution in [3.8, 4) is 0 Å². The fourth-order valence-corrected chi connectivity index (χ4v) is 4.16. The molecule has 0 atom stereocenters. The smallest absolute Gasteiger partial charge is 0.414 e. The minimum atomic E-state index is -0.340. The van der Waals surface area contributed by atoms with E-state index in [2.05, 4.69) is 33.4 Å². The van der Waals surface area contributed by atoms with Crippen molar-refractivity contribution in [1.82, 2.24) is 5.32 Å². The summed E-state index contributed by atoms with van der Waals surface area (Å²) >= 11 is 3.54. The van der Waals surface area contributed by atoms with Crippen molar-refractivity contribution in [2.45, 2.75) is 24.7 Å². The zero-order valence-corrected chi connectivity index (χ0v) is 16.5. The summed E-state index contributed by atoms with van der Waals surface area (Å²) in [6.45, 7) is 1.57. The lowest BCUT2D eigenvalue weighted by molar-refractivity contribution is 0.0928. The van der Waals surface area contributed by atoms with Gasteiger partial charge in [0.2, 0.25) is 0 Å². The molecular formula is C21H21BrN2O3. The van der Waals surface area contributed by atoms with E-state index < -0.39 is 0 Å². The van der Waals surface area contributed by atoms with Crippen LogP contribution in [0.15, 0.2) is 53.0 Å². The minimum absolute atomic E-state index is 0.0265. The molecule has 2 amide bonds. The first-order valence-electron chi connectivity index (χ1n) is 9.16. The summed E-state index contributed by atoms with van der Waals surface area (Å²) in [5.41, 5.74) is 2.64. The molecule has 1 saturated heterocycles. The Balaban J connectivity index is 1.42. The molecule has 0 spiro atoms. The Kier molecular flexibility index (Phi) is 4.91. The number of cyclic esters (lactones) is 1. The molecule has 1 N–H and O–H groups in total. The van der Waals surface area contributed by atoms with E-state index in [4.69, 9.17) is 4.74 Å². The Morgan fingerprint density at radius 3 is 2.56 bits per heavy atom. The molecule has 2 aromatic rings. The maximum atomic E-state index is 12.6. The largest absolute Gasteiger partial charge is 0.447 e. The standard InChI is InChI=1S/C21H21BrN2O3/c22-17-4-1-3-16(13-17)21(9-2-10-21)14-23-19(25)15-5-7-18(8-6-15)24-11-12-27-20(24)26/h1,3-8,13H,2,9-12,14H2,(H,23,25). The van der Waals surface area contributed by atoms with Crippen LogP contribution < -0.4 is 10.2 Å². The van der Waals surface area contributed by atoms with E-state index in [0.29, 0.717) is 25.3 Å². The number of rotatable bonds is 5. The third kappa shape index (κ3) is 3.58. The average molecular weight is 429 g/mol. The predicted molar refractivity (Wildman–Crippen MR) is 107 cm³/mol. The molecule has 0 unspecified atom stereocenters. The van der Waals surface area contributed by atoms with E-state index in [1.54, 1.807) is 29.2 Å². The fraction of sp³-hybridized carbons (Fsp3) is 0.333. The molecular weight excluding hydrogens is 408 g/mol. The Labute approximate surface area is 166 Å². The van der Waals surface area contributed by atoms with Gasteiger partial charge in [-0.1, -0.05) is 34.5 Å². The monoisotopic (exact) mass is 428 g/mol. The first kappa shape index (κ1) is 18.0. The van der Waals surface area contributed by atoms with Crippen LogP contribution in [-0.2, 0) is 10.2 Å². The van der Waals surface area contributed by atoms with Gasteiger partial charge >= 0.3 is 6.09 Å². The number of ether oxygens (including phenoxy) is 1. The number of nitrogens with zero attached hydrogens (tertiary/aromatic N) is 1. The number of benzene rings is 2. The summed E-state index contributed by atoms with van der Waals surface area (Å²) in [4.78, 5) is 25.8. The second kappa shape index (κ2) is 7.35. The van der Waals surface area contributed by atoms with Crippen molar-refractivity contribution in [3.63, 3.8) is 0 Å². The normalized spacial score (nSPS) is 18.0. The van der Waals surface area contributed by atoms with Crippen LogP contribution in [0.25, 0.3) is 0 Å². The summed E-state index contributed by atoms with van der Waals surface area (Å²) in [5, 5.41) is 3.10. The number of hydrogen-bond acceptors (Lipinski definition) is 3. The van der Waals surface area contributed by atoms with Gasteiger partial charge in [-0.25, -0.2) is 4.79 Å². The highest BCUT2D eigenvalue weighted by Crippen LogP contribution is 2.43. The Bertz CT molecular complexity index is 862. The number of hydrogen-bond donors (Lipinski definition) is 1. The van der Waals surface area contributed by atoms with Crippen molar-refractivity contribution < 1.29 is 14.3 Å². The number of anilines is 1. The van der Waals surface area contributed by atoms with Crippen molar-refractivity contribution in [3.05, 3.63) is 64.1 Å². The van der Waals surface area contributed by atoms with Gasteiger partial charge in [0.25, 0.3) is 5.91 Å². The van der Waals surface area contributed by atoms with Crippen LogP contribution in [0.5, 0.6) is 0 Å². The van der Waals surface area contributed by atoms with E-state index in [0.717, 1.165) is 23.0 Å². The van der Waals surface area contributed by atoms with E-state index in [1.807, 2.05) is 12.1 Å². The molecule has 1 aliphatic carbocycles. The highest BCUT2D eigenvalue weighted by atomic mass is 79.9. The molecule has 0 bridgehead atoms. The molecule has 5 nitrogen and oxygen atoms in total. The van der Waals surface area contributed by atoms with Gasteiger partial charge in [-0.2, -0.15) is 0 Å². The zero-order chi connectivity index (χ0) is 18.9. The Morgan fingerprint density at radius 2 is 1.96 bits per heavy atom. The summed E-state index contributed by atoms with van der Waals surface area (Å²) in [6.07, 6.45) is 3.01. The maximum Gasteiger partial charge on any atom is 0.414 e. The van der Waals surface area contributed by atoms with Crippen LogP contribution in [0.3, 0.4) is 0 Å². The Morgan fingerprint density at radius 1 is 1.19 bits per heavy atom. The number of nitrogens with one attached hydrogen (secondary N) is 1. The molecule has 2 fully saturated rings. The van der Waals surface area contributed by atoms with Crippen LogP contribution >= 0.6 is 15.9 Å². The molecule has 4 rings (SSSR count). The number of carbonyl (C=O) groups is 2. The molecule has 6 heteroatoms. The van der Waals surface area contributed by atoms with Crippen LogP contribution in [-0.4, -0.2) is 31.7 Å². The van der Waals surface area contributed by atoms with Gasteiger partial charge in [-0.15, -0.1) is 0 Å². The van der Waals surface area contributed by atoms with E-state index in [9.17, 15) is 9.59 Å². The van der Waals surface area contributed by atoms with Gasteiger partial charge in [0.15, 0.2) is 0 Å². The summed E-state index contributed by atoms with van der Waals surface area (Å²) in [6, 6.07) is 15.4. The van der Waals surface area contributed by atoms with Crippen molar-refractivity contribution in [2.75, 3.05) is 24.6 Å². The second-order valence-corrected chi connectivity index (χ2v) is 8.06. The Hall–Kier alpha value is -2.34. The van der Waals surface area contributed by atoms with Gasteiger partial charge in [-0.05, 0) is 54.8 Å². The molecule has 0 aromatic heterocycles. The molecule has 2 aliphatic rings. The van der Waals surface area contributed by atoms with E-state index in [-0.39, 0.29) is 17.4 Å². The fourth-order valence-electron chi connectivity index (χ4n) is 3.76. The van der Waals surface area contributed by atoms with Gasteiger partial charge in [0.05, 0.1) is 6.54 Å². The molecule has 0 radical (unpaired) electrons. The van der Waals surface area contributed by atoms with Gasteiger partial charge in [-0.3, -0.25) is 9.69 Å². The molecule has 1 heterocycles. The van der Waals surface area contributed by atoms with Crippen LogP contribution in [0.1, 0.15) is 35.2 Å². The zero-order valence-electron chi connectivity index (χ0n) is 14.9. The first-order chi connectivity index (χ1) is 13.1. The summed E-state index contributed by atoms with van der Waals surface area (Å²) in [5.74, 6) is -0.0909. The number of carbonyl (C=O) groups excluding carboxylic acids is 2. The SMILES string of the molecule is O=C(NCC1(c2cccc(Br)c2)CCC1)c1ccc(N2CCOC2=O)cc1.